The molecule has 2 aromatic rings. The molecule has 0 spiro atoms. The Morgan fingerprint density at radius 3 is 2.62 bits per heavy atom. The summed E-state index contributed by atoms with van der Waals surface area (Å²) in [5.41, 5.74) is 3.24. The van der Waals surface area contributed by atoms with Crippen molar-refractivity contribution in [2.75, 3.05) is 32.0 Å². The summed E-state index contributed by atoms with van der Waals surface area (Å²) in [7, 11) is 2.11. The fourth-order valence-electron chi connectivity index (χ4n) is 4.28. The largest absolute Gasteiger partial charge is 0.339 e. The second-order valence-corrected chi connectivity index (χ2v) is 10.6. The number of benzene rings is 1. The highest BCUT2D eigenvalue weighted by Gasteiger charge is 2.48. The first-order valence-electron chi connectivity index (χ1n) is 11.6. The lowest BCUT2D eigenvalue weighted by Crippen LogP contribution is -2.47. The third-order valence-corrected chi connectivity index (χ3v) is 7.52. The quantitative estimate of drug-likeness (QED) is 0.466. The topological polar surface area (TPSA) is 103 Å². The summed E-state index contributed by atoms with van der Waals surface area (Å²) in [4.78, 5) is 40.8. The standard InChI is InChI=1S/C24H30ClN5O3S/c1-3-26-24(33)28-18-13-17(18)21(29-22(31)19-6-7-20(25)34-19)23(32)27-16-5-4-14-8-10-30(2)11-9-15(14)12-16/h4-7,12,17-18,21H,3,8-11,13H2,1-2H3,(H,27,32)(H,29,31)(H2,26,28,33)/t17?,18?,21-/m1/s1. The van der Waals surface area contributed by atoms with Crippen LogP contribution in [0.15, 0.2) is 30.3 Å². The first kappa shape index (κ1) is 24.5. The number of carbonyl (C=O) groups excluding carboxylic acids is 3. The van der Waals surface area contributed by atoms with E-state index in [0.29, 0.717) is 27.9 Å². The van der Waals surface area contributed by atoms with Crippen molar-refractivity contribution in [2.45, 2.75) is 38.3 Å². The van der Waals surface area contributed by atoms with Crippen LogP contribution in [0.1, 0.15) is 34.1 Å². The smallest absolute Gasteiger partial charge is 0.315 e. The van der Waals surface area contributed by atoms with Crippen molar-refractivity contribution >= 4 is 46.5 Å². The van der Waals surface area contributed by atoms with E-state index in [2.05, 4.69) is 39.3 Å². The molecule has 4 amide bonds. The van der Waals surface area contributed by atoms with Gasteiger partial charge in [0, 0.05) is 37.3 Å². The summed E-state index contributed by atoms with van der Waals surface area (Å²) in [6.07, 6.45) is 2.52. The Kier molecular flexibility index (Phi) is 7.75. The fraction of sp³-hybridized carbons (Fsp3) is 0.458. The van der Waals surface area contributed by atoms with Crippen molar-refractivity contribution in [3.05, 3.63) is 50.7 Å². The average molecular weight is 504 g/mol. The summed E-state index contributed by atoms with van der Waals surface area (Å²) in [5, 5.41) is 11.4. The molecular weight excluding hydrogens is 474 g/mol. The molecule has 1 aromatic heterocycles. The summed E-state index contributed by atoms with van der Waals surface area (Å²) in [5.74, 6) is -0.853. The third-order valence-electron chi connectivity index (χ3n) is 6.29. The number of fused-ring (bicyclic) bond motifs is 1. The van der Waals surface area contributed by atoms with Crippen LogP contribution >= 0.6 is 22.9 Å². The minimum atomic E-state index is -0.787. The molecule has 34 heavy (non-hydrogen) atoms. The summed E-state index contributed by atoms with van der Waals surface area (Å²) >= 11 is 7.14. The fourth-order valence-corrected chi connectivity index (χ4v) is 5.23. The van der Waals surface area contributed by atoms with E-state index in [1.54, 1.807) is 12.1 Å². The molecule has 182 valence electrons. The highest BCUT2D eigenvalue weighted by molar-refractivity contribution is 7.18. The predicted octanol–water partition coefficient (Wildman–Crippen LogP) is 2.88. The van der Waals surface area contributed by atoms with Gasteiger partial charge in [-0.25, -0.2) is 4.79 Å². The Balaban J connectivity index is 1.47. The van der Waals surface area contributed by atoms with Gasteiger partial charge in [-0.1, -0.05) is 17.7 Å². The van der Waals surface area contributed by atoms with E-state index >= 15 is 0 Å². The van der Waals surface area contributed by atoms with Crippen molar-refractivity contribution in [3.63, 3.8) is 0 Å². The minimum absolute atomic E-state index is 0.183. The van der Waals surface area contributed by atoms with E-state index in [1.807, 2.05) is 19.1 Å². The number of likely N-dealkylation sites (N-methyl/N-ethyl adjacent to an activating group) is 1. The second-order valence-electron chi connectivity index (χ2n) is 8.84. The number of anilines is 1. The van der Waals surface area contributed by atoms with Crippen LogP contribution < -0.4 is 21.3 Å². The molecule has 0 bridgehead atoms. The van der Waals surface area contributed by atoms with Gasteiger partial charge in [-0.3, -0.25) is 9.59 Å². The maximum absolute atomic E-state index is 13.3. The van der Waals surface area contributed by atoms with Gasteiger partial charge in [-0.05, 0) is 68.6 Å². The maximum atomic E-state index is 13.3. The van der Waals surface area contributed by atoms with Gasteiger partial charge in [-0.2, -0.15) is 0 Å². The average Bonchev–Trinajstić information content (AvgIpc) is 3.45. The Labute approximate surface area is 208 Å². The van der Waals surface area contributed by atoms with Crippen LogP contribution in [-0.2, 0) is 17.6 Å². The van der Waals surface area contributed by atoms with Crippen LogP contribution in [0.25, 0.3) is 0 Å². The molecule has 2 aliphatic rings. The van der Waals surface area contributed by atoms with E-state index < -0.39 is 6.04 Å². The van der Waals surface area contributed by atoms with Crippen LogP contribution in [-0.4, -0.2) is 61.5 Å². The molecule has 1 aliphatic carbocycles. The van der Waals surface area contributed by atoms with Crippen LogP contribution in [0.5, 0.6) is 0 Å². The number of hydrogen-bond donors (Lipinski definition) is 4. The predicted molar refractivity (Wildman–Crippen MR) is 135 cm³/mol. The summed E-state index contributed by atoms with van der Waals surface area (Å²) < 4.78 is 0.504. The Bertz CT molecular complexity index is 1070. The highest BCUT2D eigenvalue weighted by atomic mass is 35.5. The van der Waals surface area contributed by atoms with Crippen LogP contribution in [0.3, 0.4) is 0 Å². The van der Waals surface area contributed by atoms with Gasteiger partial charge in [0.2, 0.25) is 5.91 Å². The molecule has 0 radical (unpaired) electrons. The van der Waals surface area contributed by atoms with Crippen LogP contribution in [0, 0.1) is 5.92 Å². The van der Waals surface area contributed by atoms with Gasteiger partial charge in [0.1, 0.15) is 6.04 Å². The van der Waals surface area contributed by atoms with E-state index in [-0.39, 0.29) is 29.8 Å². The monoisotopic (exact) mass is 503 g/mol. The SMILES string of the molecule is CCNC(=O)NC1CC1[C@@H](NC(=O)c1ccc(Cl)s1)C(=O)Nc1ccc2c(c1)CCN(C)CC2. The van der Waals surface area contributed by atoms with Crippen molar-refractivity contribution in [1.29, 1.82) is 0 Å². The van der Waals surface area contributed by atoms with Gasteiger partial charge >= 0.3 is 6.03 Å². The third kappa shape index (κ3) is 6.08. The minimum Gasteiger partial charge on any atom is -0.339 e. The van der Waals surface area contributed by atoms with Crippen molar-refractivity contribution in [1.82, 2.24) is 20.9 Å². The Hall–Kier alpha value is -2.62. The number of urea groups is 1. The van der Waals surface area contributed by atoms with Crippen molar-refractivity contribution < 1.29 is 14.4 Å². The number of hydrogen-bond acceptors (Lipinski definition) is 5. The van der Waals surface area contributed by atoms with E-state index in [1.165, 1.54) is 11.1 Å². The molecule has 1 fully saturated rings. The van der Waals surface area contributed by atoms with Gasteiger partial charge < -0.3 is 26.2 Å². The van der Waals surface area contributed by atoms with Crippen molar-refractivity contribution in [2.24, 2.45) is 5.92 Å². The first-order valence-corrected chi connectivity index (χ1v) is 12.7. The zero-order valence-corrected chi connectivity index (χ0v) is 20.9. The van der Waals surface area contributed by atoms with E-state index in [0.717, 1.165) is 37.3 Å². The number of carbonyl (C=O) groups is 3. The molecule has 8 nitrogen and oxygen atoms in total. The van der Waals surface area contributed by atoms with Gasteiger partial charge in [-0.15, -0.1) is 11.3 Å². The molecule has 4 N–H and O–H groups in total. The maximum Gasteiger partial charge on any atom is 0.315 e. The molecule has 1 aliphatic heterocycles. The lowest BCUT2D eigenvalue weighted by atomic mass is 10.0. The first-order chi connectivity index (χ1) is 16.3. The normalized spacial score (nSPS) is 20.4. The number of thiophene rings is 1. The number of rotatable bonds is 7. The number of nitrogens with zero attached hydrogens (tertiary/aromatic N) is 1. The van der Waals surface area contributed by atoms with Gasteiger partial charge in [0.05, 0.1) is 9.21 Å². The molecular formula is C24H30ClN5O3S. The molecule has 1 aromatic carbocycles. The van der Waals surface area contributed by atoms with Crippen LogP contribution in [0.4, 0.5) is 10.5 Å². The van der Waals surface area contributed by atoms with Gasteiger partial charge in [0.15, 0.2) is 0 Å². The molecule has 0 saturated heterocycles. The lowest BCUT2D eigenvalue weighted by molar-refractivity contribution is -0.118. The van der Waals surface area contributed by atoms with Gasteiger partial charge in [0.25, 0.3) is 5.91 Å². The zero-order chi connectivity index (χ0) is 24.2. The highest BCUT2D eigenvalue weighted by Crippen LogP contribution is 2.35. The molecule has 2 unspecified atom stereocenters. The second kappa shape index (κ2) is 10.8. The molecule has 2 heterocycles. The number of halogens is 1. The number of nitrogens with one attached hydrogen (secondary N) is 4. The van der Waals surface area contributed by atoms with Crippen molar-refractivity contribution in [3.8, 4) is 0 Å². The summed E-state index contributed by atoms with van der Waals surface area (Å²) in [6.45, 7) is 4.34. The Morgan fingerprint density at radius 1 is 1.15 bits per heavy atom. The number of amides is 4. The lowest BCUT2D eigenvalue weighted by Gasteiger charge is -2.19. The molecule has 3 atom stereocenters. The molecule has 1 saturated carbocycles. The van der Waals surface area contributed by atoms with E-state index in [4.69, 9.17) is 11.6 Å². The molecule has 10 heteroatoms. The zero-order valence-electron chi connectivity index (χ0n) is 19.3. The Morgan fingerprint density at radius 2 is 1.91 bits per heavy atom. The molecule has 4 rings (SSSR count). The summed E-state index contributed by atoms with van der Waals surface area (Å²) in [6, 6.07) is 8.06. The van der Waals surface area contributed by atoms with E-state index in [9.17, 15) is 14.4 Å². The van der Waals surface area contributed by atoms with Crippen LogP contribution in [0.2, 0.25) is 4.34 Å².